The van der Waals surface area contributed by atoms with Crippen molar-refractivity contribution in [1.29, 1.82) is 0 Å². The number of likely N-dealkylation sites (tertiary alicyclic amines) is 1. The smallest absolute Gasteiger partial charge is 0.489 e. The Morgan fingerprint density at radius 3 is 2.62 bits per heavy atom. The number of β-amino-alcohol motifs (C(OH)–C–C–N with tert-alkyl or cyclic N) is 1. The fraction of sp³-hybridized carbons (Fsp3) is 0.364. The molecule has 2 aromatic carbocycles. The van der Waals surface area contributed by atoms with Gasteiger partial charge in [-0.2, -0.15) is 0 Å². The summed E-state index contributed by atoms with van der Waals surface area (Å²) in [6.45, 7) is 1.81. The van der Waals surface area contributed by atoms with Gasteiger partial charge in [-0.15, -0.1) is 0 Å². The van der Waals surface area contributed by atoms with Gasteiger partial charge in [-0.25, -0.2) is 4.79 Å². The van der Waals surface area contributed by atoms with E-state index >= 15 is 0 Å². The van der Waals surface area contributed by atoms with Crippen LogP contribution in [0.5, 0.6) is 11.5 Å². The summed E-state index contributed by atoms with van der Waals surface area (Å²) in [6, 6.07) is 13.7. The van der Waals surface area contributed by atoms with Crippen LogP contribution in [0.2, 0.25) is 5.02 Å². The maximum Gasteiger partial charge on any atom is 0.507 e. The number of carboxylic acid groups (broad SMARTS) is 1. The van der Waals surface area contributed by atoms with E-state index in [0.717, 1.165) is 0 Å². The number of hydrogen-bond donors (Lipinski definition) is 3. The zero-order chi connectivity index (χ0) is 23.1. The van der Waals surface area contributed by atoms with Crippen LogP contribution in [0.3, 0.4) is 0 Å². The van der Waals surface area contributed by atoms with E-state index in [4.69, 9.17) is 30.9 Å². The van der Waals surface area contributed by atoms with Gasteiger partial charge in [0.25, 0.3) is 0 Å². The maximum atomic E-state index is 11.3. The summed E-state index contributed by atoms with van der Waals surface area (Å²) in [5.74, 6) is 0.790. The zero-order valence-corrected chi connectivity index (χ0v) is 18.2. The number of amides is 1. The summed E-state index contributed by atoms with van der Waals surface area (Å²) < 4.78 is 16.6. The number of aliphatic hydroxyl groups is 1. The number of halogens is 1. The molecule has 9 nitrogen and oxygen atoms in total. The van der Waals surface area contributed by atoms with Crippen molar-refractivity contribution in [2.75, 3.05) is 25.0 Å². The molecule has 0 spiro atoms. The highest BCUT2D eigenvalue weighted by atomic mass is 35.5. The number of ether oxygens (including phenoxy) is 3. The molecule has 0 bridgehead atoms. The molecule has 0 aliphatic carbocycles. The number of carbonyl (C=O) groups excluding carboxylic acids is 1. The topological polar surface area (TPSA) is 118 Å². The van der Waals surface area contributed by atoms with Gasteiger partial charge < -0.3 is 29.7 Å². The van der Waals surface area contributed by atoms with Crippen molar-refractivity contribution in [3.8, 4) is 11.5 Å². The summed E-state index contributed by atoms with van der Waals surface area (Å²) >= 11 is 5.89. The Morgan fingerprint density at radius 2 is 1.94 bits per heavy atom. The minimum atomic E-state index is -1.40. The molecular formula is C22H25ClN2O7. The molecule has 1 saturated heterocycles. The average Bonchev–Trinajstić information content (AvgIpc) is 3.08. The van der Waals surface area contributed by atoms with Crippen molar-refractivity contribution in [2.24, 2.45) is 0 Å². The fourth-order valence-corrected chi connectivity index (χ4v) is 3.57. The number of carbonyl (C=O) groups is 2. The number of aliphatic hydroxyl groups excluding tert-OH is 1. The van der Waals surface area contributed by atoms with Gasteiger partial charge in [0.2, 0.25) is 5.91 Å². The highest BCUT2D eigenvalue weighted by Crippen LogP contribution is 2.26. The summed E-state index contributed by atoms with van der Waals surface area (Å²) in [6.07, 6.45) is -3.11. The van der Waals surface area contributed by atoms with Crippen LogP contribution in [-0.4, -0.2) is 65.3 Å². The molecule has 3 atom stereocenters. The highest BCUT2D eigenvalue weighted by molar-refractivity contribution is 6.30. The molecule has 1 aliphatic heterocycles. The summed E-state index contributed by atoms with van der Waals surface area (Å²) in [5.41, 5.74) is 0.497. The molecule has 10 heteroatoms. The first-order valence-electron chi connectivity index (χ1n) is 10.0. The second-order valence-electron chi connectivity index (χ2n) is 7.36. The lowest BCUT2D eigenvalue weighted by Gasteiger charge is -2.25. The Bertz CT molecular complexity index is 925. The molecule has 3 N–H and O–H groups in total. The van der Waals surface area contributed by atoms with E-state index in [1.54, 1.807) is 53.4 Å². The predicted octanol–water partition coefficient (Wildman–Crippen LogP) is 3.21. The van der Waals surface area contributed by atoms with Gasteiger partial charge >= 0.3 is 6.16 Å². The molecular weight excluding hydrogens is 440 g/mol. The first-order valence-corrected chi connectivity index (χ1v) is 10.4. The van der Waals surface area contributed by atoms with Crippen molar-refractivity contribution < 1.29 is 34.0 Å². The SMILES string of the molecule is CC(=O)Nc1ccccc1OCC(O)CN1C[C@@H](Oc2ccc(Cl)cc2)C[C@@H]1OC(=O)O. The summed E-state index contributed by atoms with van der Waals surface area (Å²) in [4.78, 5) is 24.1. The fourth-order valence-electron chi connectivity index (χ4n) is 3.44. The van der Waals surface area contributed by atoms with E-state index in [9.17, 15) is 14.7 Å². The first-order chi connectivity index (χ1) is 15.3. The van der Waals surface area contributed by atoms with E-state index in [1.807, 2.05) is 0 Å². The number of anilines is 1. The second kappa shape index (κ2) is 11.0. The number of para-hydroxylation sites is 2. The van der Waals surface area contributed by atoms with Crippen LogP contribution in [0, 0.1) is 0 Å². The maximum absolute atomic E-state index is 11.3. The first kappa shape index (κ1) is 23.6. The lowest BCUT2D eigenvalue weighted by molar-refractivity contribution is -0.114. The van der Waals surface area contributed by atoms with Crippen LogP contribution in [0.1, 0.15) is 13.3 Å². The van der Waals surface area contributed by atoms with Crippen LogP contribution in [0.4, 0.5) is 10.5 Å². The van der Waals surface area contributed by atoms with E-state index in [2.05, 4.69) is 5.32 Å². The molecule has 1 aliphatic rings. The third kappa shape index (κ3) is 7.01. The minimum Gasteiger partial charge on any atom is -0.489 e. The monoisotopic (exact) mass is 464 g/mol. The summed E-state index contributed by atoms with van der Waals surface area (Å²) in [5, 5.41) is 22.8. The van der Waals surface area contributed by atoms with E-state index in [0.29, 0.717) is 35.2 Å². The zero-order valence-electron chi connectivity index (χ0n) is 17.4. The third-order valence-electron chi connectivity index (χ3n) is 4.74. The van der Waals surface area contributed by atoms with Crippen molar-refractivity contribution in [3.05, 3.63) is 53.6 Å². The van der Waals surface area contributed by atoms with Crippen molar-refractivity contribution in [1.82, 2.24) is 4.90 Å². The molecule has 1 heterocycles. The molecule has 3 rings (SSSR count). The summed E-state index contributed by atoms with van der Waals surface area (Å²) in [7, 11) is 0. The number of nitrogens with zero attached hydrogens (tertiary/aromatic N) is 1. The Morgan fingerprint density at radius 1 is 1.22 bits per heavy atom. The van der Waals surface area contributed by atoms with E-state index in [-0.39, 0.29) is 25.2 Å². The van der Waals surface area contributed by atoms with Gasteiger partial charge in [-0.3, -0.25) is 9.69 Å². The quantitative estimate of drug-likeness (QED) is 0.484. The van der Waals surface area contributed by atoms with Gasteiger partial charge in [0.05, 0.1) is 5.69 Å². The number of nitrogens with one attached hydrogen (secondary N) is 1. The largest absolute Gasteiger partial charge is 0.507 e. The molecule has 0 saturated carbocycles. The Kier molecular flexibility index (Phi) is 8.15. The van der Waals surface area contributed by atoms with Crippen molar-refractivity contribution in [2.45, 2.75) is 31.8 Å². The number of benzene rings is 2. The van der Waals surface area contributed by atoms with Crippen molar-refractivity contribution in [3.63, 3.8) is 0 Å². The minimum absolute atomic E-state index is 0.0599. The van der Waals surface area contributed by atoms with E-state index < -0.39 is 18.5 Å². The Balaban J connectivity index is 1.58. The van der Waals surface area contributed by atoms with Gasteiger partial charge in [0, 0.05) is 31.5 Å². The molecule has 1 fully saturated rings. The molecule has 2 aromatic rings. The number of rotatable bonds is 9. The number of hydrogen-bond acceptors (Lipinski definition) is 7. The molecule has 0 aromatic heterocycles. The van der Waals surface area contributed by atoms with Gasteiger partial charge in [0.1, 0.15) is 30.3 Å². The van der Waals surface area contributed by atoms with Crippen LogP contribution in [-0.2, 0) is 9.53 Å². The van der Waals surface area contributed by atoms with Gasteiger partial charge in [0.15, 0.2) is 6.23 Å². The highest BCUT2D eigenvalue weighted by Gasteiger charge is 2.37. The van der Waals surface area contributed by atoms with Crippen LogP contribution < -0.4 is 14.8 Å². The van der Waals surface area contributed by atoms with E-state index in [1.165, 1.54) is 6.92 Å². The second-order valence-corrected chi connectivity index (χ2v) is 7.80. The Labute approximate surface area is 190 Å². The lowest BCUT2D eigenvalue weighted by atomic mass is 10.3. The lowest BCUT2D eigenvalue weighted by Crippen LogP contribution is -2.41. The van der Waals surface area contributed by atoms with Gasteiger partial charge in [-0.05, 0) is 36.4 Å². The Hall–Kier alpha value is -3.01. The van der Waals surface area contributed by atoms with Crippen molar-refractivity contribution >= 4 is 29.4 Å². The van der Waals surface area contributed by atoms with Gasteiger partial charge in [-0.1, -0.05) is 23.7 Å². The third-order valence-corrected chi connectivity index (χ3v) is 4.99. The molecule has 1 amide bonds. The normalized spacial score (nSPS) is 19.2. The van der Waals surface area contributed by atoms with Crippen LogP contribution >= 0.6 is 11.6 Å². The molecule has 172 valence electrons. The van der Waals surface area contributed by atoms with Crippen LogP contribution in [0.25, 0.3) is 0 Å². The molecule has 0 radical (unpaired) electrons. The molecule has 1 unspecified atom stereocenters. The average molecular weight is 465 g/mol. The standard InChI is InChI=1S/C22H25ClN2O7/c1-14(26)24-19-4-2-3-5-20(19)30-13-16(27)11-25-12-18(10-21(25)32-22(28)29)31-17-8-6-15(23)7-9-17/h2-9,16,18,21,27H,10-13H2,1H3,(H,24,26)(H,28,29)/t16?,18-,21-/m0/s1. The predicted molar refractivity (Wildman–Crippen MR) is 117 cm³/mol. The van der Waals surface area contributed by atoms with Crippen LogP contribution in [0.15, 0.2) is 48.5 Å². The molecule has 32 heavy (non-hydrogen) atoms.